The van der Waals surface area contributed by atoms with E-state index in [0.29, 0.717) is 6.54 Å². The molecule has 0 spiro atoms. The molecule has 0 atom stereocenters. The van der Waals surface area contributed by atoms with Crippen LogP contribution in [-0.2, 0) is 11.2 Å². The van der Waals surface area contributed by atoms with E-state index in [4.69, 9.17) is 5.73 Å². The Labute approximate surface area is 130 Å². The van der Waals surface area contributed by atoms with Crippen molar-refractivity contribution < 1.29 is 4.79 Å². The van der Waals surface area contributed by atoms with Gasteiger partial charge in [0.25, 0.3) is 0 Å². The van der Waals surface area contributed by atoms with Crippen molar-refractivity contribution in [2.24, 2.45) is 10.7 Å². The van der Waals surface area contributed by atoms with Gasteiger partial charge in [-0.3, -0.25) is 4.79 Å². The molecule has 2 rings (SSSR count). The van der Waals surface area contributed by atoms with E-state index < -0.39 is 0 Å². The van der Waals surface area contributed by atoms with Crippen molar-refractivity contribution in [3.63, 3.8) is 0 Å². The van der Waals surface area contributed by atoms with E-state index in [1.54, 1.807) is 0 Å². The number of para-hydroxylation sites is 1. The van der Waals surface area contributed by atoms with Gasteiger partial charge in [-0.25, -0.2) is 4.99 Å². The molecule has 0 unspecified atom stereocenters. The number of guanidine groups is 1. The summed E-state index contributed by atoms with van der Waals surface area (Å²) in [6.45, 7) is 0.679. The van der Waals surface area contributed by atoms with Gasteiger partial charge in [0.15, 0.2) is 5.96 Å². The number of rotatable bonds is 6. The number of hydrogen-bond acceptors (Lipinski definition) is 2. The predicted octanol–water partition coefficient (Wildman–Crippen LogP) is 1.77. The molecule has 0 aromatic heterocycles. The third kappa shape index (κ3) is 5.66. The van der Waals surface area contributed by atoms with Crippen LogP contribution in [0.2, 0.25) is 0 Å². The lowest BCUT2D eigenvalue weighted by Crippen LogP contribution is -2.34. The molecule has 5 heteroatoms. The van der Waals surface area contributed by atoms with Crippen LogP contribution in [0.15, 0.2) is 65.7 Å². The summed E-state index contributed by atoms with van der Waals surface area (Å²) in [7, 11) is 0. The number of carbonyl (C=O) groups excluding carboxylic acids is 1. The second kappa shape index (κ2) is 8.46. The third-order valence-corrected chi connectivity index (χ3v) is 3.01. The van der Waals surface area contributed by atoms with Gasteiger partial charge < -0.3 is 16.4 Å². The lowest BCUT2D eigenvalue weighted by molar-refractivity contribution is -0.114. The van der Waals surface area contributed by atoms with E-state index in [-0.39, 0.29) is 18.4 Å². The first-order valence-corrected chi connectivity index (χ1v) is 7.16. The highest BCUT2D eigenvalue weighted by Gasteiger charge is 2.01. The van der Waals surface area contributed by atoms with Gasteiger partial charge in [0.05, 0.1) is 0 Å². The van der Waals surface area contributed by atoms with E-state index in [9.17, 15) is 4.79 Å². The number of anilines is 1. The molecular formula is C17H20N4O. The molecule has 0 aliphatic carbocycles. The van der Waals surface area contributed by atoms with Gasteiger partial charge in [-0.1, -0.05) is 48.5 Å². The van der Waals surface area contributed by atoms with Crippen LogP contribution in [0.1, 0.15) is 5.56 Å². The number of nitrogens with two attached hydrogens (primary N) is 1. The molecular weight excluding hydrogens is 276 g/mol. The summed E-state index contributed by atoms with van der Waals surface area (Å²) in [6, 6.07) is 19.4. The monoisotopic (exact) mass is 296 g/mol. The maximum atomic E-state index is 11.7. The van der Waals surface area contributed by atoms with Crippen molar-refractivity contribution in [3.05, 3.63) is 66.2 Å². The SMILES string of the molecule is NC(=NCC(=O)Nc1ccccc1)NCCc1ccccc1. The molecule has 2 aromatic rings. The van der Waals surface area contributed by atoms with Crippen molar-refractivity contribution in [3.8, 4) is 0 Å². The molecule has 0 radical (unpaired) electrons. The second-order valence-corrected chi connectivity index (χ2v) is 4.78. The van der Waals surface area contributed by atoms with Crippen molar-refractivity contribution in [2.45, 2.75) is 6.42 Å². The molecule has 4 N–H and O–H groups in total. The Kier molecular flexibility index (Phi) is 5.99. The zero-order chi connectivity index (χ0) is 15.6. The summed E-state index contributed by atoms with van der Waals surface area (Å²) >= 11 is 0. The smallest absolute Gasteiger partial charge is 0.246 e. The van der Waals surface area contributed by atoms with Gasteiger partial charge in [-0.15, -0.1) is 0 Å². The second-order valence-electron chi connectivity index (χ2n) is 4.78. The Balaban J connectivity index is 1.69. The molecule has 1 amide bonds. The van der Waals surface area contributed by atoms with Gasteiger partial charge in [-0.05, 0) is 24.1 Å². The zero-order valence-electron chi connectivity index (χ0n) is 12.3. The normalized spacial score (nSPS) is 11.0. The molecule has 0 fully saturated rings. The van der Waals surface area contributed by atoms with E-state index in [2.05, 4.69) is 27.8 Å². The molecule has 5 nitrogen and oxygen atoms in total. The van der Waals surface area contributed by atoms with Crippen LogP contribution >= 0.6 is 0 Å². The standard InChI is InChI=1S/C17H20N4O/c18-17(19-12-11-14-7-3-1-4-8-14)20-13-16(22)21-15-9-5-2-6-10-15/h1-10H,11-13H2,(H,21,22)(H3,18,19,20). The maximum absolute atomic E-state index is 11.7. The summed E-state index contributed by atoms with van der Waals surface area (Å²) in [5.41, 5.74) is 7.71. The zero-order valence-corrected chi connectivity index (χ0v) is 12.3. The number of benzene rings is 2. The van der Waals surface area contributed by atoms with Gasteiger partial charge in [0.1, 0.15) is 6.54 Å². The number of carbonyl (C=O) groups is 1. The Hall–Kier alpha value is -2.82. The Bertz CT molecular complexity index is 611. The molecule has 0 saturated carbocycles. The van der Waals surface area contributed by atoms with Crippen molar-refractivity contribution in [1.82, 2.24) is 5.32 Å². The Morgan fingerprint density at radius 1 is 1.00 bits per heavy atom. The molecule has 2 aromatic carbocycles. The van der Waals surface area contributed by atoms with Crippen molar-refractivity contribution >= 4 is 17.6 Å². The van der Waals surface area contributed by atoms with Crippen LogP contribution < -0.4 is 16.4 Å². The highest BCUT2D eigenvalue weighted by Crippen LogP contribution is 2.04. The average molecular weight is 296 g/mol. The summed E-state index contributed by atoms with van der Waals surface area (Å²) in [5.74, 6) is 0.0816. The number of nitrogens with one attached hydrogen (secondary N) is 2. The average Bonchev–Trinajstić information content (AvgIpc) is 2.55. The van der Waals surface area contributed by atoms with Gasteiger partial charge in [0, 0.05) is 12.2 Å². The minimum atomic E-state index is -0.195. The molecule has 0 bridgehead atoms. The Morgan fingerprint density at radius 2 is 1.64 bits per heavy atom. The highest BCUT2D eigenvalue weighted by molar-refractivity contribution is 5.93. The van der Waals surface area contributed by atoms with Crippen molar-refractivity contribution in [1.29, 1.82) is 0 Å². The lowest BCUT2D eigenvalue weighted by Gasteiger charge is -2.06. The fourth-order valence-corrected chi connectivity index (χ4v) is 1.91. The first kappa shape index (κ1) is 15.6. The van der Waals surface area contributed by atoms with E-state index in [1.165, 1.54) is 5.56 Å². The van der Waals surface area contributed by atoms with Crippen LogP contribution in [0.3, 0.4) is 0 Å². The number of nitrogens with zero attached hydrogens (tertiary/aromatic N) is 1. The van der Waals surface area contributed by atoms with Crippen LogP contribution in [0.25, 0.3) is 0 Å². The fraction of sp³-hybridized carbons (Fsp3) is 0.176. The summed E-state index contributed by atoms with van der Waals surface area (Å²) in [5, 5.41) is 5.75. The highest BCUT2D eigenvalue weighted by atomic mass is 16.1. The number of amides is 1. The van der Waals surface area contributed by atoms with Crippen molar-refractivity contribution in [2.75, 3.05) is 18.4 Å². The molecule has 114 valence electrons. The molecule has 0 saturated heterocycles. The van der Waals surface area contributed by atoms with Crippen LogP contribution in [0.4, 0.5) is 5.69 Å². The lowest BCUT2D eigenvalue weighted by atomic mass is 10.1. The molecule has 0 heterocycles. The fourth-order valence-electron chi connectivity index (χ4n) is 1.91. The minimum Gasteiger partial charge on any atom is -0.370 e. The maximum Gasteiger partial charge on any atom is 0.246 e. The van der Waals surface area contributed by atoms with Gasteiger partial charge >= 0.3 is 0 Å². The Morgan fingerprint density at radius 3 is 2.32 bits per heavy atom. The number of hydrogen-bond donors (Lipinski definition) is 3. The quantitative estimate of drug-likeness (QED) is 0.561. The molecule has 0 aliphatic heterocycles. The molecule has 22 heavy (non-hydrogen) atoms. The summed E-state index contributed by atoms with van der Waals surface area (Å²) in [6.07, 6.45) is 0.854. The van der Waals surface area contributed by atoms with E-state index in [1.807, 2.05) is 48.5 Å². The van der Waals surface area contributed by atoms with Crippen LogP contribution in [0.5, 0.6) is 0 Å². The van der Waals surface area contributed by atoms with Crippen LogP contribution in [-0.4, -0.2) is 25.0 Å². The van der Waals surface area contributed by atoms with Crippen LogP contribution in [0, 0.1) is 0 Å². The van der Waals surface area contributed by atoms with E-state index >= 15 is 0 Å². The summed E-state index contributed by atoms with van der Waals surface area (Å²) < 4.78 is 0. The van der Waals surface area contributed by atoms with Gasteiger partial charge in [-0.2, -0.15) is 0 Å². The first-order chi connectivity index (χ1) is 10.7. The molecule has 0 aliphatic rings. The van der Waals surface area contributed by atoms with E-state index in [0.717, 1.165) is 12.1 Å². The van der Waals surface area contributed by atoms with Gasteiger partial charge in [0.2, 0.25) is 5.91 Å². The topological polar surface area (TPSA) is 79.5 Å². The predicted molar refractivity (Wildman–Crippen MR) is 89.7 cm³/mol. The first-order valence-electron chi connectivity index (χ1n) is 7.16. The third-order valence-electron chi connectivity index (χ3n) is 3.01. The largest absolute Gasteiger partial charge is 0.370 e. The summed E-state index contributed by atoms with van der Waals surface area (Å²) in [4.78, 5) is 15.7. The minimum absolute atomic E-state index is 0.000928. The number of aliphatic imine (C=N–C) groups is 1.